The lowest BCUT2D eigenvalue weighted by molar-refractivity contribution is -0.140. The molecule has 36 heavy (non-hydrogen) atoms. The highest BCUT2D eigenvalue weighted by Gasteiger charge is 2.32. The summed E-state index contributed by atoms with van der Waals surface area (Å²) in [6, 6.07) is 10.9. The first-order chi connectivity index (χ1) is 17.0. The summed E-state index contributed by atoms with van der Waals surface area (Å²) in [5.74, 6) is 0.734. The van der Waals surface area contributed by atoms with Crippen LogP contribution < -0.4 is 23.8 Å². The second kappa shape index (κ2) is 11.5. The first-order valence-corrected chi connectivity index (χ1v) is 13.5. The van der Waals surface area contributed by atoms with Crippen molar-refractivity contribution in [3.63, 3.8) is 0 Å². The van der Waals surface area contributed by atoms with E-state index in [0.717, 1.165) is 16.1 Å². The van der Waals surface area contributed by atoms with Gasteiger partial charge in [0.05, 0.1) is 19.1 Å². The van der Waals surface area contributed by atoms with E-state index >= 15 is 0 Å². The van der Waals surface area contributed by atoms with Crippen molar-refractivity contribution >= 4 is 27.5 Å². The van der Waals surface area contributed by atoms with Crippen LogP contribution in [0.2, 0.25) is 0 Å². The number of carbonyl (C=O) groups is 2. The molecule has 0 spiro atoms. The summed E-state index contributed by atoms with van der Waals surface area (Å²) in [6.45, 7) is 5.16. The molecule has 11 heteroatoms. The van der Waals surface area contributed by atoms with Gasteiger partial charge in [-0.3, -0.25) is 13.9 Å². The number of amides is 2. The van der Waals surface area contributed by atoms with Gasteiger partial charge in [0.2, 0.25) is 28.6 Å². The first kappa shape index (κ1) is 27.1. The van der Waals surface area contributed by atoms with Gasteiger partial charge < -0.3 is 24.4 Å². The molecular formula is C25H33N3O7S. The van der Waals surface area contributed by atoms with Gasteiger partial charge in [-0.1, -0.05) is 19.1 Å². The molecule has 0 unspecified atom stereocenters. The molecule has 3 rings (SSSR count). The second-order valence-electron chi connectivity index (χ2n) is 8.76. The van der Waals surface area contributed by atoms with E-state index in [0.29, 0.717) is 23.7 Å². The van der Waals surface area contributed by atoms with Crippen molar-refractivity contribution in [1.29, 1.82) is 0 Å². The maximum absolute atomic E-state index is 13.7. The van der Waals surface area contributed by atoms with Crippen LogP contribution in [-0.2, 0) is 26.2 Å². The summed E-state index contributed by atoms with van der Waals surface area (Å²) < 4.78 is 42.3. The van der Waals surface area contributed by atoms with Crippen molar-refractivity contribution in [3.8, 4) is 17.2 Å². The van der Waals surface area contributed by atoms with Gasteiger partial charge in [-0.05, 0) is 50.1 Å². The molecule has 1 aliphatic heterocycles. The highest BCUT2D eigenvalue weighted by atomic mass is 32.2. The van der Waals surface area contributed by atoms with Crippen LogP contribution in [0.5, 0.6) is 17.2 Å². The standard InChI is InChI=1S/C25H33N3O7S/c1-6-21(25(30)26-17(2)3)27(14-18-7-10-20(33-4)11-8-18)24(29)15-28(36(5,31)32)19-9-12-22-23(13-19)35-16-34-22/h7-13,17,21H,6,14-16H2,1-5H3,(H,26,30)/t21-/m0/s1. The van der Waals surface area contributed by atoms with Gasteiger partial charge in [0.25, 0.3) is 0 Å². The van der Waals surface area contributed by atoms with Gasteiger partial charge in [0.15, 0.2) is 11.5 Å². The third-order valence-corrected chi connectivity index (χ3v) is 6.79. The number of rotatable bonds is 11. The third kappa shape index (κ3) is 6.60. The lowest BCUT2D eigenvalue weighted by atomic mass is 10.1. The fourth-order valence-corrected chi connectivity index (χ4v) is 4.72. The number of fused-ring (bicyclic) bond motifs is 1. The van der Waals surface area contributed by atoms with Crippen molar-refractivity contribution in [3.05, 3.63) is 48.0 Å². The van der Waals surface area contributed by atoms with E-state index in [1.54, 1.807) is 43.5 Å². The number of methoxy groups -OCH3 is 1. The smallest absolute Gasteiger partial charge is 0.244 e. The van der Waals surface area contributed by atoms with Crippen LogP contribution in [0.3, 0.4) is 0 Å². The lowest BCUT2D eigenvalue weighted by Crippen LogP contribution is -2.53. The molecule has 0 saturated carbocycles. The Morgan fingerprint density at radius 2 is 1.75 bits per heavy atom. The van der Waals surface area contributed by atoms with Crippen molar-refractivity contribution in [2.24, 2.45) is 0 Å². The Hall–Kier alpha value is -3.47. The Morgan fingerprint density at radius 3 is 2.33 bits per heavy atom. The molecule has 0 aliphatic carbocycles. The molecule has 2 aromatic carbocycles. The fourth-order valence-electron chi connectivity index (χ4n) is 3.88. The molecule has 2 amide bonds. The van der Waals surface area contributed by atoms with Gasteiger partial charge in [-0.15, -0.1) is 0 Å². The average molecular weight is 520 g/mol. The summed E-state index contributed by atoms with van der Waals surface area (Å²) in [5, 5.41) is 2.86. The minimum absolute atomic E-state index is 0.0371. The minimum Gasteiger partial charge on any atom is -0.497 e. The van der Waals surface area contributed by atoms with Gasteiger partial charge in [-0.25, -0.2) is 8.42 Å². The quantitative estimate of drug-likeness (QED) is 0.485. The van der Waals surface area contributed by atoms with Crippen LogP contribution in [0.15, 0.2) is 42.5 Å². The fraction of sp³-hybridized carbons (Fsp3) is 0.440. The zero-order valence-electron chi connectivity index (χ0n) is 21.2. The van der Waals surface area contributed by atoms with E-state index in [2.05, 4.69) is 5.32 Å². The predicted molar refractivity (Wildman–Crippen MR) is 136 cm³/mol. The number of anilines is 1. The van der Waals surface area contributed by atoms with E-state index in [1.165, 1.54) is 11.0 Å². The highest BCUT2D eigenvalue weighted by Crippen LogP contribution is 2.36. The number of nitrogens with zero attached hydrogens (tertiary/aromatic N) is 2. The van der Waals surface area contributed by atoms with E-state index in [-0.39, 0.29) is 31.0 Å². The molecule has 196 valence electrons. The van der Waals surface area contributed by atoms with Gasteiger partial charge in [0.1, 0.15) is 18.3 Å². The maximum Gasteiger partial charge on any atom is 0.244 e. The summed E-state index contributed by atoms with van der Waals surface area (Å²) >= 11 is 0. The average Bonchev–Trinajstić information content (AvgIpc) is 3.29. The molecule has 0 aromatic heterocycles. The summed E-state index contributed by atoms with van der Waals surface area (Å²) in [7, 11) is -2.29. The van der Waals surface area contributed by atoms with Gasteiger partial charge in [-0.2, -0.15) is 0 Å². The van der Waals surface area contributed by atoms with Gasteiger partial charge in [0, 0.05) is 18.7 Å². The van der Waals surface area contributed by atoms with Crippen LogP contribution in [-0.4, -0.2) is 63.9 Å². The molecular weight excluding hydrogens is 486 g/mol. The number of hydrogen-bond donors (Lipinski definition) is 1. The summed E-state index contributed by atoms with van der Waals surface area (Å²) in [5.41, 5.74) is 1.04. The number of nitrogens with one attached hydrogen (secondary N) is 1. The Balaban J connectivity index is 1.94. The molecule has 1 heterocycles. The summed E-state index contributed by atoms with van der Waals surface area (Å²) in [6.07, 6.45) is 1.38. The molecule has 1 aliphatic rings. The zero-order chi connectivity index (χ0) is 26.5. The van der Waals surface area contributed by atoms with Crippen molar-refractivity contribution in [1.82, 2.24) is 10.2 Å². The Morgan fingerprint density at radius 1 is 1.08 bits per heavy atom. The molecule has 1 atom stereocenters. The molecule has 0 bridgehead atoms. The largest absolute Gasteiger partial charge is 0.497 e. The highest BCUT2D eigenvalue weighted by molar-refractivity contribution is 7.92. The zero-order valence-corrected chi connectivity index (χ0v) is 22.0. The molecule has 10 nitrogen and oxygen atoms in total. The molecule has 0 saturated heterocycles. The first-order valence-electron chi connectivity index (χ1n) is 11.6. The molecule has 2 aromatic rings. The Bertz CT molecular complexity index is 1180. The SMILES string of the molecule is CC[C@@H](C(=O)NC(C)C)N(Cc1ccc(OC)cc1)C(=O)CN(c1ccc2c(c1)OCO2)S(C)(=O)=O. The normalized spacial score (nSPS) is 13.3. The van der Waals surface area contributed by atoms with E-state index in [9.17, 15) is 18.0 Å². The molecule has 1 N–H and O–H groups in total. The maximum atomic E-state index is 13.7. The number of ether oxygens (including phenoxy) is 3. The van der Waals surface area contributed by atoms with Crippen molar-refractivity contribution in [2.45, 2.75) is 45.8 Å². The lowest BCUT2D eigenvalue weighted by Gasteiger charge is -2.33. The third-order valence-electron chi connectivity index (χ3n) is 5.65. The Labute approximate surface area is 212 Å². The summed E-state index contributed by atoms with van der Waals surface area (Å²) in [4.78, 5) is 28.1. The van der Waals surface area contributed by atoms with E-state index < -0.39 is 28.5 Å². The topological polar surface area (TPSA) is 114 Å². The molecule has 0 radical (unpaired) electrons. The van der Waals surface area contributed by atoms with Crippen LogP contribution in [0.4, 0.5) is 5.69 Å². The second-order valence-corrected chi connectivity index (χ2v) is 10.7. The van der Waals surface area contributed by atoms with Gasteiger partial charge >= 0.3 is 0 Å². The predicted octanol–water partition coefficient (Wildman–Crippen LogP) is 2.52. The van der Waals surface area contributed by atoms with Crippen LogP contribution in [0.1, 0.15) is 32.8 Å². The van der Waals surface area contributed by atoms with Crippen molar-refractivity contribution < 1.29 is 32.2 Å². The van der Waals surface area contributed by atoms with Crippen molar-refractivity contribution in [2.75, 3.05) is 31.0 Å². The molecule has 0 fully saturated rings. The van der Waals surface area contributed by atoms with Crippen LogP contribution in [0.25, 0.3) is 0 Å². The monoisotopic (exact) mass is 519 g/mol. The number of carbonyl (C=O) groups excluding carboxylic acids is 2. The van der Waals surface area contributed by atoms with Crippen LogP contribution in [0, 0.1) is 0 Å². The number of hydrogen-bond acceptors (Lipinski definition) is 7. The van der Waals surface area contributed by atoms with Crippen LogP contribution >= 0.6 is 0 Å². The van der Waals surface area contributed by atoms with E-state index in [4.69, 9.17) is 14.2 Å². The number of benzene rings is 2. The van der Waals surface area contributed by atoms with E-state index in [1.807, 2.05) is 20.8 Å². The Kier molecular flexibility index (Phi) is 8.67. The number of sulfonamides is 1. The minimum atomic E-state index is -3.85.